The summed E-state index contributed by atoms with van der Waals surface area (Å²) in [5, 5.41) is 0. The van der Waals surface area contributed by atoms with Gasteiger partial charge in [-0.05, 0) is 122 Å². The van der Waals surface area contributed by atoms with Crippen molar-refractivity contribution >= 4 is 17.9 Å². The number of carbonyl (C=O) groups excluding carboxylic acids is 3. The van der Waals surface area contributed by atoms with E-state index in [4.69, 9.17) is 14.2 Å². The van der Waals surface area contributed by atoms with Crippen molar-refractivity contribution in [1.29, 1.82) is 0 Å². The molecule has 0 rings (SSSR count). The smallest absolute Gasteiger partial charge is 0.306 e. The number of ether oxygens (including phenoxy) is 3. The topological polar surface area (TPSA) is 78.9 Å². The molecule has 6 heteroatoms. The van der Waals surface area contributed by atoms with Gasteiger partial charge in [-0.25, -0.2) is 0 Å². The predicted molar refractivity (Wildman–Crippen MR) is 302 cm³/mol. The van der Waals surface area contributed by atoms with Crippen LogP contribution in [0.1, 0.15) is 245 Å². The van der Waals surface area contributed by atoms with Gasteiger partial charge in [0.1, 0.15) is 13.2 Å². The van der Waals surface area contributed by atoms with Crippen LogP contribution in [0.4, 0.5) is 0 Å². The number of allylic oxidation sites excluding steroid dienone is 20. The first-order valence-corrected chi connectivity index (χ1v) is 28.5. The van der Waals surface area contributed by atoms with E-state index in [1.807, 2.05) is 0 Å². The molecule has 0 aromatic carbocycles. The Morgan fingerprint density at radius 2 is 0.571 bits per heavy atom. The molecule has 0 aliphatic carbocycles. The highest BCUT2D eigenvalue weighted by Gasteiger charge is 2.19. The summed E-state index contributed by atoms with van der Waals surface area (Å²) >= 11 is 0. The molecule has 0 spiro atoms. The van der Waals surface area contributed by atoms with Gasteiger partial charge in [0.25, 0.3) is 0 Å². The molecule has 6 nitrogen and oxygen atoms in total. The van der Waals surface area contributed by atoms with E-state index in [0.717, 1.165) is 116 Å². The highest BCUT2D eigenvalue weighted by molar-refractivity contribution is 5.71. The largest absolute Gasteiger partial charge is 0.462 e. The van der Waals surface area contributed by atoms with Gasteiger partial charge in [0.15, 0.2) is 6.10 Å². The molecule has 0 N–H and O–H groups in total. The maximum absolute atomic E-state index is 12.8. The fourth-order valence-corrected chi connectivity index (χ4v) is 7.46. The lowest BCUT2D eigenvalue weighted by Crippen LogP contribution is -2.30. The Kier molecular flexibility index (Phi) is 54.0. The Labute approximate surface area is 431 Å². The predicted octanol–water partition coefficient (Wildman–Crippen LogP) is 19.3. The summed E-state index contributed by atoms with van der Waals surface area (Å²) < 4.78 is 16.8. The van der Waals surface area contributed by atoms with Crippen molar-refractivity contribution < 1.29 is 28.6 Å². The first kappa shape index (κ1) is 65.8. The van der Waals surface area contributed by atoms with Crippen LogP contribution < -0.4 is 0 Å². The lowest BCUT2D eigenvalue weighted by Gasteiger charge is -2.18. The molecule has 70 heavy (non-hydrogen) atoms. The first-order valence-electron chi connectivity index (χ1n) is 28.5. The molecular formula is C64H104O6. The van der Waals surface area contributed by atoms with Crippen molar-refractivity contribution in [3.05, 3.63) is 122 Å². The average Bonchev–Trinajstić information content (AvgIpc) is 3.36. The van der Waals surface area contributed by atoms with Crippen molar-refractivity contribution in [2.75, 3.05) is 13.2 Å². The molecule has 0 bridgehead atoms. The molecule has 1 atom stereocenters. The zero-order valence-electron chi connectivity index (χ0n) is 45.2. The van der Waals surface area contributed by atoms with Crippen LogP contribution in [0.25, 0.3) is 0 Å². The molecule has 0 aromatic heterocycles. The van der Waals surface area contributed by atoms with E-state index in [-0.39, 0.29) is 37.5 Å². The lowest BCUT2D eigenvalue weighted by molar-refractivity contribution is -0.167. The van der Waals surface area contributed by atoms with E-state index in [2.05, 4.69) is 142 Å². The summed E-state index contributed by atoms with van der Waals surface area (Å²) in [6.45, 7) is 6.33. The summed E-state index contributed by atoms with van der Waals surface area (Å²) in [6, 6.07) is 0. The van der Waals surface area contributed by atoms with E-state index in [0.29, 0.717) is 19.3 Å². The zero-order chi connectivity index (χ0) is 50.7. The van der Waals surface area contributed by atoms with Crippen LogP contribution >= 0.6 is 0 Å². The van der Waals surface area contributed by atoms with Gasteiger partial charge in [0.05, 0.1) is 0 Å². The van der Waals surface area contributed by atoms with E-state index >= 15 is 0 Å². The molecule has 0 radical (unpaired) electrons. The fourth-order valence-electron chi connectivity index (χ4n) is 7.46. The molecule has 1 unspecified atom stereocenters. The number of unbranched alkanes of at least 4 members (excludes halogenated alkanes) is 19. The first-order chi connectivity index (χ1) is 34.5. The van der Waals surface area contributed by atoms with Gasteiger partial charge < -0.3 is 14.2 Å². The van der Waals surface area contributed by atoms with E-state index in [9.17, 15) is 14.4 Å². The molecule has 0 aromatic rings. The van der Waals surface area contributed by atoms with E-state index in [1.54, 1.807) is 0 Å². The number of esters is 3. The van der Waals surface area contributed by atoms with E-state index < -0.39 is 6.10 Å². The molecule has 396 valence electrons. The molecule has 0 fully saturated rings. The third kappa shape index (κ3) is 54.7. The summed E-state index contributed by atoms with van der Waals surface area (Å²) in [5.74, 6) is -1.01. The van der Waals surface area contributed by atoms with Gasteiger partial charge in [0, 0.05) is 19.3 Å². The van der Waals surface area contributed by atoms with Crippen LogP contribution in [-0.2, 0) is 28.6 Å². The van der Waals surface area contributed by atoms with Crippen molar-refractivity contribution in [1.82, 2.24) is 0 Å². The lowest BCUT2D eigenvalue weighted by atomic mass is 10.1. The van der Waals surface area contributed by atoms with Crippen LogP contribution in [0.15, 0.2) is 122 Å². The van der Waals surface area contributed by atoms with Gasteiger partial charge in [-0.15, -0.1) is 0 Å². The molecule has 0 amide bonds. The second-order valence-electron chi connectivity index (χ2n) is 18.4. The molecule has 0 aliphatic heterocycles. The zero-order valence-corrected chi connectivity index (χ0v) is 45.2. The number of hydrogen-bond donors (Lipinski definition) is 0. The molecule has 0 saturated carbocycles. The number of rotatable bonds is 50. The van der Waals surface area contributed by atoms with Crippen LogP contribution in [0, 0.1) is 0 Å². The van der Waals surface area contributed by atoms with Crippen molar-refractivity contribution in [3.63, 3.8) is 0 Å². The Morgan fingerprint density at radius 3 is 0.929 bits per heavy atom. The molecule has 0 heterocycles. The summed E-state index contributed by atoms with van der Waals surface area (Å²) in [5.41, 5.74) is 0. The highest BCUT2D eigenvalue weighted by atomic mass is 16.6. The fraction of sp³-hybridized carbons (Fsp3) is 0.641. The molecule has 0 saturated heterocycles. The highest BCUT2D eigenvalue weighted by Crippen LogP contribution is 2.14. The van der Waals surface area contributed by atoms with Crippen LogP contribution in [0.3, 0.4) is 0 Å². The van der Waals surface area contributed by atoms with Gasteiger partial charge in [0.2, 0.25) is 0 Å². The average molecular weight is 970 g/mol. The molecule has 0 aliphatic rings. The third-order valence-electron chi connectivity index (χ3n) is 11.7. The Morgan fingerprint density at radius 1 is 0.300 bits per heavy atom. The maximum atomic E-state index is 12.8. The standard InChI is InChI=1S/C64H104O6/c1-4-7-10-13-16-19-22-25-28-31-32-34-36-39-42-45-48-51-54-57-63(66)69-60-61(59-68-62(65)56-53-50-47-44-41-38-35-30-27-24-21-18-15-12-9-6-3)70-64(67)58-55-52-49-46-43-40-37-33-29-26-23-20-17-14-11-8-5-2/h7,9-10,12,16,18-19,21,25-30,37-38,40-41,46,49,61H,4-6,8,11,13-15,17,20,22-24,31-36,39,42-45,47-48,50-60H2,1-3H3/b10-7-,12-9-,19-16-,21-18-,28-25-,29-26-,30-27-,40-37-,41-38-,49-46-. The number of carbonyl (C=O) groups is 3. The van der Waals surface area contributed by atoms with Crippen molar-refractivity contribution in [2.24, 2.45) is 0 Å². The SMILES string of the molecule is CC/C=C\C/C=C\C/C=C\C/C=C\CCCCCC(=O)OCC(COC(=O)CCCCCCCCCCC/C=C\C/C=C\C/C=C\CC)OC(=O)CCC/C=C\C/C=C\C/C=C\CCCCCCCC. The summed E-state index contributed by atoms with van der Waals surface area (Å²) in [6.07, 6.45) is 79.1. The molecular weight excluding hydrogens is 865 g/mol. The Balaban J connectivity index is 4.52. The second-order valence-corrected chi connectivity index (χ2v) is 18.4. The van der Waals surface area contributed by atoms with Crippen LogP contribution in [0.5, 0.6) is 0 Å². The summed E-state index contributed by atoms with van der Waals surface area (Å²) in [7, 11) is 0. The monoisotopic (exact) mass is 969 g/mol. The van der Waals surface area contributed by atoms with Gasteiger partial charge in [-0.2, -0.15) is 0 Å². The minimum atomic E-state index is -0.824. The van der Waals surface area contributed by atoms with E-state index in [1.165, 1.54) is 83.5 Å². The minimum absolute atomic E-state index is 0.114. The van der Waals surface area contributed by atoms with Crippen molar-refractivity contribution in [3.8, 4) is 0 Å². The summed E-state index contributed by atoms with van der Waals surface area (Å²) in [4.78, 5) is 38.1. The second kappa shape index (κ2) is 57.4. The maximum Gasteiger partial charge on any atom is 0.306 e. The van der Waals surface area contributed by atoms with Gasteiger partial charge >= 0.3 is 17.9 Å². The van der Waals surface area contributed by atoms with Crippen LogP contribution in [0.2, 0.25) is 0 Å². The normalized spacial score (nSPS) is 13.0. The van der Waals surface area contributed by atoms with Crippen LogP contribution in [-0.4, -0.2) is 37.2 Å². The number of hydrogen-bond acceptors (Lipinski definition) is 6. The van der Waals surface area contributed by atoms with Gasteiger partial charge in [-0.1, -0.05) is 226 Å². The van der Waals surface area contributed by atoms with Gasteiger partial charge in [-0.3, -0.25) is 14.4 Å². The Bertz CT molecular complexity index is 1490. The third-order valence-corrected chi connectivity index (χ3v) is 11.7. The quantitative estimate of drug-likeness (QED) is 0.0262. The minimum Gasteiger partial charge on any atom is -0.462 e. The van der Waals surface area contributed by atoms with Crippen molar-refractivity contribution in [2.45, 2.75) is 252 Å². The Hall–Kier alpha value is -4.19.